The minimum absolute atomic E-state index is 0.733. The standard InChI is InChI=1S/C15H23BrN2/c1-18(2)8-4-7-17-15-10-13(11-15)12-5-3-6-14(16)9-12/h3,5-6,9,13,15,17H,4,7-8,10-11H2,1-2H3. The van der Waals surface area contributed by atoms with Crippen molar-refractivity contribution in [2.75, 3.05) is 27.2 Å². The van der Waals surface area contributed by atoms with Crippen LogP contribution in [0.1, 0.15) is 30.7 Å². The maximum atomic E-state index is 3.65. The van der Waals surface area contributed by atoms with Gasteiger partial charge >= 0.3 is 0 Å². The fourth-order valence-electron chi connectivity index (χ4n) is 2.52. The van der Waals surface area contributed by atoms with Gasteiger partial charge in [0.05, 0.1) is 0 Å². The highest BCUT2D eigenvalue weighted by atomic mass is 79.9. The summed E-state index contributed by atoms with van der Waals surface area (Å²) in [5.74, 6) is 0.758. The van der Waals surface area contributed by atoms with Crippen molar-refractivity contribution in [3.8, 4) is 0 Å². The molecule has 0 unspecified atom stereocenters. The summed E-state index contributed by atoms with van der Waals surface area (Å²) < 4.78 is 1.20. The van der Waals surface area contributed by atoms with Gasteiger partial charge in [0.1, 0.15) is 0 Å². The van der Waals surface area contributed by atoms with E-state index < -0.39 is 0 Å². The summed E-state index contributed by atoms with van der Waals surface area (Å²) in [6, 6.07) is 9.47. The summed E-state index contributed by atoms with van der Waals surface area (Å²) >= 11 is 3.54. The third kappa shape index (κ3) is 4.08. The minimum Gasteiger partial charge on any atom is -0.314 e. The van der Waals surface area contributed by atoms with Gasteiger partial charge in [0.25, 0.3) is 0 Å². The van der Waals surface area contributed by atoms with Crippen LogP contribution in [0.25, 0.3) is 0 Å². The third-order valence-corrected chi connectivity index (χ3v) is 4.17. The average molecular weight is 311 g/mol. The van der Waals surface area contributed by atoms with Crippen molar-refractivity contribution in [3.05, 3.63) is 34.3 Å². The Labute approximate surface area is 119 Å². The van der Waals surface area contributed by atoms with E-state index in [0.29, 0.717) is 0 Å². The van der Waals surface area contributed by atoms with Crippen molar-refractivity contribution >= 4 is 15.9 Å². The first-order chi connectivity index (χ1) is 8.65. The van der Waals surface area contributed by atoms with Gasteiger partial charge in [0, 0.05) is 10.5 Å². The van der Waals surface area contributed by atoms with Gasteiger partial charge in [-0.25, -0.2) is 0 Å². The van der Waals surface area contributed by atoms with Gasteiger partial charge in [-0.3, -0.25) is 0 Å². The molecule has 1 saturated carbocycles. The van der Waals surface area contributed by atoms with Crippen LogP contribution in [0.15, 0.2) is 28.7 Å². The highest BCUT2D eigenvalue weighted by Crippen LogP contribution is 2.37. The highest BCUT2D eigenvalue weighted by Gasteiger charge is 2.29. The molecule has 0 amide bonds. The quantitative estimate of drug-likeness (QED) is 0.812. The molecule has 3 heteroatoms. The molecule has 1 aromatic carbocycles. The summed E-state index contributed by atoms with van der Waals surface area (Å²) in [6.07, 6.45) is 3.82. The van der Waals surface area contributed by atoms with E-state index in [4.69, 9.17) is 0 Å². The third-order valence-electron chi connectivity index (χ3n) is 3.67. The van der Waals surface area contributed by atoms with E-state index in [1.807, 2.05) is 0 Å². The van der Waals surface area contributed by atoms with E-state index >= 15 is 0 Å². The molecule has 0 atom stereocenters. The van der Waals surface area contributed by atoms with E-state index in [9.17, 15) is 0 Å². The maximum absolute atomic E-state index is 3.65. The molecule has 1 aliphatic rings. The molecule has 2 rings (SSSR count). The molecule has 1 aromatic rings. The Hall–Kier alpha value is -0.380. The fraction of sp³-hybridized carbons (Fsp3) is 0.600. The lowest BCUT2D eigenvalue weighted by atomic mass is 9.76. The Kier molecular flexibility index (Phi) is 5.22. The van der Waals surface area contributed by atoms with E-state index in [0.717, 1.165) is 18.5 Å². The lowest BCUT2D eigenvalue weighted by Gasteiger charge is -2.36. The molecular weight excluding hydrogens is 288 g/mol. The second-order valence-corrected chi connectivity index (χ2v) is 6.45. The maximum Gasteiger partial charge on any atom is 0.0178 e. The number of benzene rings is 1. The molecule has 0 spiro atoms. The summed E-state index contributed by atoms with van der Waals surface area (Å²) in [6.45, 7) is 2.32. The van der Waals surface area contributed by atoms with Crippen LogP contribution >= 0.6 is 15.9 Å². The SMILES string of the molecule is CN(C)CCCNC1CC(c2cccc(Br)c2)C1. The second kappa shape index (κ2) is 6.69. The summed E-state index contributed by atoms with van der Waals surface area (Å²) in [5, 5.41) is 3.65. The first kappa shape index (κ1) is 14.0. The van der Waals surface area contributed by atoms with Gasteiger partial charge in [-0.1, -0.05) is 28.1 Å². The number of rotatable bonds is 6. The first-order valence-electron chi connectivity index (χ1n) is 6.78. The fourth-order valence-corrected chi connectivity index (χ4v) is 2.94. The van der Waals surface area contributed by atoms with Crippen molar-refractivity contribution in [3.63, 3.8) is 0 Å². The average Bonchev–Trinajstić information content (AvgIpc) is 2.25. The molecular formula is C15H23BrN2. The molecule has 0 aliphatic heterocycles. The molecule has 1 aliphatic carbocycles. The predicted octanol–water partition coefficient (Wildman–Crippen LogP) is 3.24. The zero-order chi connectivity index (χ0) is 13.0. The number of hydrogen-bond donors (Lipinski definition) is 1. The minimum atomic E-state index is 0.733. The van der Waals surface area contributed by atoms with Crippen LogP contribution in [-0.2, 0) is 0 Å². The van der Waals surface area contributed by atoms with E-state index in [-0.39, 0.29) is 0 Å². The molecule has 1 N–H and O–H groups in total. The lowest BCUT2D eigenvalue weighted by molar-refractivity contribution is 0.284. The largest absolute Gasteiger partial charge is 0.314 e. The van der Waals surface area contributed by atoms with Crippen LogP contribution in [0.3, 0.4) is 0 Å². The highest BCUT2D eigenvalue weighted by molar-refractivity contribution is 9.10. The molecule has 0 saturated heterocycles. The molecule has 18 heavy (non-hydrogen) atoms. The Balaban J connectivity index is 1.65. The molecule has 1 fully saturated rings. The zero-order valence-electron chi connectivity index (χ0n) is 11.3. The molecule has 0 heterocycles. The molecule has 2 nitrogen and oxygen atoms in total. The van der Waals surface area contributed by atoms with Crippen molar-refractivity contribution in [1.29, 1.82) is 0 Å². The smallest absolute Gasteiger partial charge is 0.0178 e. The van der Waals surface area contributed by atoms with Crippen molar-refractivity contribution in [1.82, 2.24) is 10.2 Å². The van der Waals surface area contributed by atoms with Crippen molar-refractivity contribution < 1.29 is 0 Å². The van der Waals surface area contributed by atoms with Crippen LogP contribution in [0.4, 0.5) is 0 Å². The van der Waals surface area contributed by atoms with E-state index in [2.05, 4.69) is 64.5 Å². The van der Waals surface area contributed by atoms with Gasteiger partial charge in [-0.2, -0.15) is 0 Å². The van der Waals surface area contributed by atoms with Gasteiger partial charge < -0.3 is 10.2 Å². The van der Waals surface area contributed by atoms with Gasteiger partial charge in [-0.15, -0.1) is 0 Å². The summed E-state index contributed by atoms with van der Waals surface area (Å²) in [5.41, 5.74) is 1.48. The normalized spacial score (nSPS) is 23.1. The zero-order valence-corrected chi connectivity index (χ0v) is 12.9. The Bertz CT molecular complexity index is 373. The van der Waals surface area contributed by atoms with Crippen LogP contribution in [0, 0.1) is 0 Å². The number of hydrogen-bond acceptors (Lipinski definition) is 2. The molecule has 0 bridgehead atoms. The Morgan fingerprint density at radius 2 is 2.11 bits per heavy atom. The first-order valence-corrected chi connectivity index (χ1v) is 7.58. The van der Waals surface area contributed by atoms with Gasteiger partial charge in [0.2, 0.25) is 0 Å². The van der Waals surface area contributed by atoms with Crippen LogP contribution in [-0.4, -0.2) is 38.1 Å². The molecule has 0 aromatic heterocycles. The van der Waals surface area contributed by atoms with Crippen LogP contribution < -0.4 is 5.32 Å². The molecule has 100 valence electrons. The van der Waals surface area contributed by atoms with Crippen molar-refractivity contribution in [2.24, 2.45) is 0 Å². The topological polar surface area (TPSA) is 15.3 Å². The van der Waals surface area contributed by atoms with Crippen LogP contribution in [0.5, 0.6) is 0 Å². The second-order valence-electron chi connectivity index (χ2n) is 5.53. The number of halogens is 1. The predicted molar refractivity (Wildman–Crippen MR) is 81.1 cm³/mol. The lowest BCUT2D eigenvalue weighted by Crippen LogP contribution is -2.41. The van der Waals surface area contributed by atoms with Gasteiger partial charge in [-0.05, 0) is 70.1 Å². The van der Waals surface area contributed by atoms with E-state index in [1.54, 1.807) is 0 Å². The van der Waals surface area contributed by atoms with Crippen LogP contribution in [0.2, 0.25) is 0 Å². The number of nitrogens with zero attached hydrogens (tertiary/aromatic N) is 1. The van der Waals surface area contributed by atoms with E-state index in [1.165, 1.54) is 35.8 Å². The monoisotopic (exact) mass is 310 g/mol. The van der Waals surface area contributed by atoms with Crippen molar-refractivity contribution in [2.45, 2.75) is 31.2 Å². The Morgan fingerprint density at radius 1 is 1.33 bits per heavy atom. The Morgan fingerprint density at radius 3 is 2.78 bits per heavy atom. The number of nitrogens with one attached hydrogen (secondary N) is 1. The summed E-state index contributed by atoms with van der Waals surface area (Å²) in [7, 11) is 4.26. The van der Waals surface area contributed by atoms with Gasteiger partial charge in [0.15, 0.2) is 0 Å². The molecule has 0 radical (unpaired) electrons. The summed E-state index contributed by atoms with van der Waals surface area (Å²) in [4.78, 5) is 2.24.